The molecule has 180 valence electrons. The number of benzene rings is 1. The van der Waals surface area contributed by atoms with E-state index in [2.05, 4.69) is 38.2 Å². The number of aliphatic hydroxyl groups excluding tert-OH is 1. The number of anilines is 2. The van der Waals surface area contributed by atoms with Gasteiger partial charge in [0.2, 0.25) is 5.76 Å². The van der Waals surface area contributed by atoms with E-state index in [-0.39, 0.29) is 17.7 Å². The van der Waals surface area contributed by atoms with Crippen molar-refractivity contribution in [3.8, 4) is 11.3 Å². The molecule has 1 aliphatic heterocycles. The summed E-state index contributed by atoms with van der Waals surface area (Å²) < 4.78 is 5.55. The maximum Gasteiger partial charge on any atom is 0.295 e. The fourth-order valence-electron chi connectivity index (χ4n) is 4.46. The first-order valence-corrected chi connectivity index (χ1v) is 12.6. The lowest BCUT2D eigenvalue weighted by Gasteiger charge is -2.40. The van der Waals surface area contributed by atoms with Gasteiger partial charge in [0.05, 0.1) is 17.4 Å². The summed E-state index contributed by atoms with van der Waals surface area (Å²) in [5.41, 5.74) is 5.55. The van der Waals surface area contributed by atoms with E-state index in [1.165, 1.54) is 11.3 Å². The lowest BCUT2D eigenvalue weighted by molar-refractivity contribution is 0.0994. The van der Waals surface area contributed by atoms with Gasteiger partial charge in [0, 0.05) is 35.4 Å². The number of oxazole rings is 1. The summed E-state index contributed by atoms with van der Waals surface area (Å²) in [6.07, 6.45) is 5.09. The Morgan fingerprint density at radius 1 is 1.34 bits per heavy atom. The molecule has 1 aliphatic rings. The zero-order chi connectivity index (χ0) is 24.5. The number of aliphatic hydroxyl groups is 1. The molecule has 4 aromatic rings. The van der Waals surface area contributed by atoms with Crippen LogP contribution in [-0.4, -0.2) is 32.2 Å². The Hall–Kier alpha value is -3.56. The minimum Gasteiger partial charge on any atom is -0.435 e. The maximum absolute atomic E-state index is 12.6. The van der Waals surface area contributed by atoms with Crippen molar-refractivity contribution in [1.82, 2.24) is 15.0 Å². The summed E-state index contributed by atoms with van der Waals surface area (Å²) >= 11 is 1.36. The van der Waals surface area contributed by atoms with Crippen molar-refractivity contribution in [2.24, 2.45) is 0 Å². The van der Waals surface area contributed by atoms with E-state index in [0.717, 1.165) is 34.5 Å². The lowest BCUT2D eigenvalue weighted by Crippen LogP contribution is -2.41. The standard InChI is InChI=1S/C26H27N5O3S/c1-4-22-28-15(2)24(34-22)25(33)30-26-29-20(14-35-26)17-7-9-21-18(12-17)8-10-23(32)31(21)16(3)19-6-5-11-27-13-19/h5-7,9,11-14,16,23,32H,4,8,10H2,1-3H3,(H,29,30,33). The van der Waals surface area contributed by atoms with Crippen LogP contribution in [0.3, 0.4) is 0 Å². The van der Waals surface area contributed by atoms with E-state index >= 15 is 0 Å². The van der Waals surface area contributed by atoms with Crippen molar-refractivity contribution in [3.05, 3.63) is 76.6 Å². The molecule has 2 N–H and O–H groups in total. The van der Waals surface area contributed by atoms with Crippen molar-refractivity contribution < 1.29 is 14.3 Å². The minimum absolute atomic E-state index is 0.0162. The van der Waals surface area contributed by atoms with E-state index in [4.69, 9.17) is 4.42 Å². The fourth-order valence-corrected chi connectivity index (χ4v) is 5.18. The van der Waals surface area contributed by atoms with Gasteiger partial charge in [0.15, 0.2) is 11.0 Å². The highest BCUT2D eigenvalue weighted by atomic mass is 32.1. The number of pyridine rings is 1. The summed E-state index contributed by atoms with van der Waals surface area (Å²) in [6.45, 7) is 5.77. The molecule has 1 amide bonds. The molecule has 0 radical (unpaired) electrons. The van der Waals surface area contributed by atoms with Crippen molar-refractivity contribution >= 4 is 28.1 Å². The van der Waals surface area contributed by atoms with Gasteiger partial charge >= 0.3 is 0 Å². The number of aromatic nitrogens is 3. The zero-order valence-corrected chi connectivity index (χ0v) is 20.7. The summed E-state index contributed by atoms with van der Waals surface area (Å²) in [7, 11) is 0. The molecular weight excluding hydrogens is 462 g/mol. The van der Waals surface area contributed by atoms with E-state index in [0.29, 0.717) is 29.6 Å². The topological polar surface area (TPSA) is 104 Å². The molecule has 0 bridgehead atoms. The molecule has 0 saturated heterocycles. The molecule has 3 aromatic heterocycles. The Morgan fingerprint density at radius 3 is 2.94 bits per heavy atom. The third-order valence-electron chi connectivity index (χ3n) is 6.30. The number of nitrogens with one attached hydrogen (secondary N) is 1. The van der Waals surface area contributed by atoms with Gasteiger partial charge in [-0.25, -0.2) is 9.97 Å². The number of carbonyl (C=O) groups is 1. The van der Waals surface area contributed by atoms with Crippen LogP contribution in [-0.2, 0) is 12.8 Å². The average molecular weight is 490 g/mol. The molecule has 2 atom stereocenters. The molecule has 4 heterocycles. The summed E-state index contributed by atoms with van der Waals surface area (Å²) in [4.78, 5) is 27.8. The SMILES string of the molecule is CCc1nc(C)c(C(=O)Nc2nc(-c3ccc4c(c3)CCC(O)N4C(C)c3cccnc3)cs2)o1. The predicted octanol–water partition coefficient (Wildman–Crippen LogP) is 5.15. The van der Waals surface area contributed by atoms with Gasteiger partial charge in [-0.1, -0.05) is 19.1 Å². The first-order valence-electron chi connectivity index (χ1n) is 11.7. The second-order valence-electron chi connectivity index (χ2n) is 8.60. The molecule has 9 heteroatoms. The third kappa shape index (κ3) is 4.56. The third-order valence-corrected chi connectivity index (χ3v) is 7.06. The van der Waals surface area contributed by atoms with Gasteiger partial charge in [0.25, 0.3) is 5.91 Å². The number of nitrogens with zero attached hydrogens (tertiary/aromatic N) is 4. The van der Waals surface area contributed by atoms with Gasteiger partial charge in [-0.05, 0) is 56.0 Å². The van der Waals surface area contributed by atoms with Crippen molar-refractivity contribution in [3.63, 3.8) is 0 Å². The molecule has 8 nitrogen and oxygen atoms in total. The molecule has 0 fully saturated rings. The Balaban J connectivity index is 1.37. The second kappa shape index (κ2) is 9.59. The number of aryl methyl sites for hydroxylation is 3. The number of hydrogen-bond acceptors (Lipinski definition) is 8. The van der Waals surface area contributed by atoms with Crippen LogP contribution in [0, 0.1) is 6.92 Å². The quantitative estimate of drug-likeness (QED) is 0.386. The van der Waals surface area contributed by atoms with Crippen LogP contribution in [0.15, 0.2) is 52.5 Å². The summed E-state index contributed by atoms with van der Waals surface area (Å²) in [5.74, 6) is 0.405. The van der Waals surface area contributed by atoms with Crippen LogP contribution in [0.4, 0.5) is 10.8 Å². The van der Waals surface area contributed by atoms with Crippen molar-refractivity contribution in [1.29, 1.82) is 0 Å². The highest BCUT2D eigenvalue weighted by Gasteiger charge is 2.29. The molecule has 0 saturated carbocycles. The monoisotopic (exact) mass is 489 g/mol. The lowest BCUT2D eigenvalue weighted by atomic mass is 9.95. The first-order chi connectivity index (χ1) is 16.9. The smallest absolute Gasteiger partial charge is 0.295 e. The van der Waals surface area contributed by atoms with Gasteiger partial charge < -0.3 is 14.4 Å². The molecule has 35 heavy (non-hydrogen) atoms. The van der Waals surface area contributed by atoms with Crippen LogP contribution in [0.2, 0.25) is 0 Å². The molecule has 5 rings (SSSR count). The number of carbonyl (C=O) groups excluding carboxylic acids is 1. The zero-order valence-electron chi connectivity index (χ0n) is 19.9. The van der Waals surface area contributed by atoms with Crippen LogP contribution in [0.1, 0.15) is 59.6 Å². The Morgan fingerprint density at radius 2 is 2.20 bits per heavy atom. The molecule has 1 aromatic carbocycles. The molecule has 2 unspecified atom stereocenters. The van der Waals surface area contributed by atoms with Crippen LogP contribution >= 0.6 is 11.3 Å². The Bertz CT molecular complexity index is 1350. The van der Waals surface area contributed by atoms with Gasteiger partial charge in [-0.15, -0.1) is 11.3 Å². The highest BCUT2D eigenvalue weighted by molar-refractivity contribution is 7.14. The first kappa shape index (κ1) is 23.2. The van der Waals surface area contributed by atoms with Crippen molar-refractivity contribution in [2.45, 2.75) is 52.3 Å². The van der Waals surface area contributed by atoms with E-state index in [9.17, 15) is 9.90 Å². The predicted molar refractivity (Wildman–Crippen MR) is 136 cm³/mol. The summed E-state index contributed by atoms with van der Waals surface area (Å²) in [6, 6.07) is 10.1. The highest BCUT2D eigenvalue weighted by Crippen LogP contribution is 2.39. The number of hydrogen-bond donors (Lipinski definition) is 2. The fraction of sp³-hybridized carbons (Fsp3) is 0.308. The Kier molecular flexibility index (Phi) is 6.36. The number of amides is 1. The average Bonchev–Trinajstić information content (AvgIpc) is 3.50. The van der Waals surface area contributed by atoms with Gasteiger partial charge in [-0.2, -0.15) is 0 Å². The van der Waals surface area contributed by atoms with Gasteiger partial charge in [0.1, 0.15) is 6.23 Å². The normalized spacial score (nSPS) is 16.1. The van der Waals surface area contributed by atoms with Gasteiger partial charge in [-0.3, -0.25) is 15.1 Å². The van der Waals surface area contributed by atoms with Crippen LogP contribution in [0.25, 0.3) is 11.3 Å². The van der Waals surface area contributed by atoms with Crippen LogP contribution in [0.5, 0.6) is 0 Å². The molecule has 0 spiro atoms. The van der Waals surface area contributed by atoms with E-state index in [1.807, 2.05) is 42.8 Å². The Labute approximate surface area is 207 Å². The van der Waals surface area contributed by atoms with E-state index in [1.54, 1.807) is 13.1 Å². The summed E-state index contributed by atoms with van der Waals surface area (Å²) in [5, 5.41) is 16.0. The molecule has 0 aliphatic carbocycles. The second-order valence-corrected chi connectivity index (χ2v) is 9.46. The number of fused-ring (bicyclic) bond motifs is 1. The largest absolute Gasteiger partial charge is 0.435 e. The van der Waals surface area contributed by atoms with Crippen molar-refractivity contribution in [2.75, 3.05) is 10.2 Å². The maximum atomic E-state index is 12.6. The van der Waals surface area contributed by atoms with Crippen LogP contribution < -0.4 is 10.2 Å². The minimum atomic E-state index is -0.558. The number of rotatable bonds is 6. The molecular formula is C26H27N5O3S. The van der Waals surface area contributed by atoms with E-state index < -0.39 is 6.23 Å². The number of thiazole rings is 1.